The van der Waals surface area contributed by atoms with Crippen LogP contribution < -0.4 is 10.9 Å². The van der Waals surface area contributed by atoms with E-state index >= 15 is 0 Å². The number of thioether (sulfide) groups is 1. The van der Waals surface area contributed by atoms with Crippen LogP contribution in [0.2, 0.25) is 0 Å². The van der Waals surface area contributed by atoms with Gasteiger partial charge in [0.1, 0.15) is 0 Å². The highest BCUT2D eigenvalue weighted by molar-refractivity contribution is 8.00. The summed E-state index contributed by atoms with van der Waals surface area (Å²) < 4.78 is 0. The molecule has 0 radical (unpaired) electrons. The van der Waals surface area contributed by atoms with Crippen molar-refractivity contribution in [1.29, 1.82) is 0 Å². The van der Waals surface area contributed by atoms with Crippen molar-refractivity contribution in [2.45, 2.75) is 63.8 Å². The summed E-state index contributed by atoms with van der Waals surface area (Å²) in [5, 5.41) is 3.19. The third kappa shape index (κ3) is 4.01. The van der Waals surface area contributed by atoms with Gasteiger partial charge in [0.25, 0.3) is 5.56 Å². The summed E-state index contributed by atoms with van der Waals surface area (Å²) in [6.07, 6.45) is 3.74. The molecule has 5 nitrogen and oxygen atoms in total. The first kappa shape index (κ1) is 18.7. The Labute approximate surface area is 158 Å². The number of nitrogens with zero attached hydrogens (tertiary/aromatic N) is 1. The second kappa shape index (κ2) is 7.66. The van der Waals surface area contributed by atoms with Gasteiger partial charge in [0.05, 0.1) is 10.9 Å². The maximum atomic E-state index is 12.6. The number of aryl methyl sites for hydroxylation is 4. The van der Waals surface area contributed by atoms with Crippen LogP contribution in [0.25, 0.3) is 0 Å². The van der Waals surface area contributed by atoms with Crippen LogP contribution in [0.3, 0.4) is 0 Å². The van der Waals surface area contributed by atoms with Crippen molar-refractivity contribution in [3.05, 3.63) is 50.4 Å². The van der Waals surface area contributed by atoms with E-state index in [-0.39, 0.29) is 16.7 Å². The zero-order valence-corrected chi connectivity index (χ0v) is 16.5. The second-order valence-electron chi connectivity index (χ2n) is 7.03. The lowest BCUT2D eigenvalue weighted by molar-refractivity contribution is -0.115. The number of amides is 1. The second-order valence-corrected chi connectivity index (χ2v) is 8.36. The first-order valence-corrected chi connectivity index (χ1v) is 9.90. The van der Waals surface area contributed by atoms with E-state index in [0.29, 0.717) is 5.16 Å². The monoisotopic (exact) mass is 371 g/mol. The highest BCUT2D eigenvalue weighted by Gasteiger charge is 2.20. The molecular formula is C20H25N3O2S. The summed E-state index contributed by atoms with van der Waals surface area (Å²) in [5.41, 5.74) is 5.77. The van der Waals surface area contributed by atoms with E-state index in [4.69, 9.17) is 0 Å². The van der Waals surface area contributed by atoms with E-state index in [2.05, 4.69) is 27.4 Å². The van der Waals surface area contributed by atoms with Gasteiger partial charge in [0, 0.05) is 11.3 Å². The SMILES string of the molecule is Cc1cc(C)c(NC(=O)C(C)Sc2nc3c(c(=O)[nH]2)CCCC3)c(C)c1. The normalized spacial score (nSPS) is 14.6. The number of hydrogen-bond donors (Lipinski definition) is 2. The highest BCUT2D eigenvalue weighted by Crippen LogP contribution is 2.26. The summed E-state index contributed by atoms with van der Waals surface area (Å²) in [6, 6.07) is 4.12. The lowest BCUT2D eigenvalue weighted by atomic mass is 9.97. The summed E-state index contributed by atoms with van der Waals surface area (Å²) >= 11 is 1.29. The molecule has 0 aliphatic heterocycles. The molecule has 1 atom stereocenters. The van der Waals surface area contributed by atoms with Crippen LogP contribution in [-0.2, 0) is 17.6 Å². The number of rotatable bonds is 4. The molecule has 1 aliphatic carbocycles. The van der Waals surface area contributed by atoms with Crippen LogP contribution in [0.15, 0.2) is 22.1 Å². The van der Waals surface area contributed by atoms with E-state index in [1.165, 1.54) is 17.3 Å². The minimum Gasteiger partial charge on any atom is -0.325 e. The van der Waals surface area contributed by atoms with Crippen LogP contribution in [0, 0.1) is 20.8 Å². The van der Waals surface area contributed by atoms with E-state index in [0.717, 1.165) is 53.8 Å². The summed E-state index contributed by atoms with van der Waals surface area (Å²) in [6.45, 7) is 7.87. The predicted octanol–water partition coefficient (Wildman–Crippen LogP) is 3.69. The topological polar surface area (TPSA) is 74.8 Å². The maximum Gasteiger partial charge on any atom is 0.254 e. The first-order valence-electron chi connectivity index (χ1n) is 9.02. The fourth-order valence-electron chi connectivity index (χ4n) is 3.46. The van der Waals surface area contributed by atoms with Crippen molar-refractivity contribution in [3.8, 4) is 0 Å². The molecule has 2 N–H and O–H groups in total. The first-order chi connectivity index (χ1) is 12.3. The number of H-pyrrole nitrogens is 1. The minimum atomic E-state index is -0.361. The Hall–Kier alpha value is -2.08. The Bertz CT molecular complexity index is 881. The van der Waals surface area contributed by atoms with Crippen molar-refractivity contribution in [2.75, 3.05) is 5.32 Å². The standard InChI is InChI=1S/C20H25N3O2S/c1-11-9-12(2)17(13(3)10-11)22-18(24)14(4)26-20-21-16-8-6-5-7-15(16)19(25)23-20/h9-10,14H,5-8H2,1-4H3,(H,22,24)(H,21,23,25). The van der Waals surface area contributed by atoms with Crippen LogP contribution in [-0.4, -0.2) is 21.1 Å². The number of aromatic nitrogens is 2. The maximum absolute atomic E-state index is 12.6. The Morgan fingerprint density at radius 1 is 1.19 bits per heavy atom. The van der Waals surface area contributed by atoms with Gasteiger partial charge in [0.15, 0.2) is 5.16 Å². The van der Waals surface area contributed by atoms with Gasteiger partial charge in [-0.05, 0) is 64.5 Å². The zero-order valence-electron chi connectivity index (χ0n) is 15.7. The molecule has 26 heavy (non-hydrogen) atoms. The van der Waals surface area contributed by atoms with Gasteiger partial charge in [-0.2, -0.15) is 0 Å². The van der Waals surface area contributed by atoms with Crippen LogP contribution in [0.4, 0.5) is 5.69 Å². The quantitative estimate of drug-likeness (QED) is 0.635. The Balaban J connectivity index is 1.74. The van der Waals surface area contributed by atoms with Crippen LogP contribution in [0.5, 0.6) is 0 Å². The molecule has 1 aromatic carbocycles. The van der Waals surface area contributed by atoms with Gasteiger partial charge >= 0.3 is 0 Å². The molecule has 0 saturated heterocycles. The Kier molecular flexibility index (Phi) is 5.51. The van der Waals surface area contributed by atoms with Gasteiger partial charge in [0.2, 0.25) is 5.91 Å². The smallest absolute Gasteiger partial charge is 0.254 e. The molecule has 1 aliphatic rings. The summed E-state index contributed by atoms with van der Waals surface area (Å²) in [5.74, 6) is -0.0922. The van der Waals surface area contributed by atoms with Crippen molar-refractivity contribution in [2.24, 2.45) is 0 Å². The molecule has 0 fully saturated rings. The third-order valence-corrected chi connectivity index (χ3v) is 5.74. The van der Waals surface area contributed by atoms with E-state index in [1.54, 1.807) is 0 Å². The van der Waals surface area contributed by atoms with Crippen molar-refractivity contribution in [3.63, 3.8) is 0 Å². The van der Waals surface area contributed by atoms with E-state index in [1.807, 2.05) is 27.7 Å². The lowest BCUT2D eigenvalue weighted by Gasteiger charge is -2.17. The fraction of sp³-hybridized carbons (Fsp3) is 0.450. The van der Waals surface area contributed by atoms with E-state index in [9.17, 15) is 9.59 Å². The molecule has 1 amide bonds. The van der Waals surface area contributed by atoms with Gasteiger partial charge in [-0.25, -0.2) is 4.98 Å². The predicted molar refractivity (Wildman–Crippen MR) is 106 cm³/mol. The molecule has 6 heteroatoms. The zero-order chi connectivity index (χ0) is 18.8. The summed E-state index contributed by atoms with van der Waals surface area (Å²) in [4.78, 5) is 32.3. The lowest BCUT2D eigenvalue weighted by Crippen LogP contribution is -2.25. The van der Waals surface area contributed by atoms with Gasteiger partial charge in [-0.3, -0.25) is 9.59 Å². The molecule has 1 unspecified atom stereocenters. The number of benzene rings is 1. The highest BCUT2D eigenvalue weighted by atomic mass is 32.2. The number of hydrogen-bond acceptors (Lipinski definition) is 4. The molecule has 138 valence electrons. The number of carbonyl (C=O) groups is 1. The summed E-state index contributed by atoms with van der Waals surface area (Å²) in [7, 11) is 0. The molecule has 3 rings (SSSR count). The third-order valence-electron chi connectivity index (χ3n) is 4.75. The molecule has 1 heterocycles. The number of aromatic amines is 1. The number of carbonyl (C=O) groups excluding carboxylic acids is 1. The Morgan fingerprint density at radius 2 is 1.85 bits per heavy atom. The molecular weight excluding hydrogens is 346 g/mol. The average Bonchev–Trinajstić information content (AvgIpc) is 2.58. The molecule has 0 bridgehead atoms. The number of fused-ring (bicyclic) bond motifs is 1. The van der Waals surface area contributed by atoms with Crippen LogP contribution >= 0.6 is 11.8 Å². The van der Waals surface area contributed by atoms with Gasteiger partial charge in [-0.1, -0.05) is 29.5 Å². The average molecular weight is 372 g/mol. The Morgan fingerprint density at radius 3 is 2.54 bits per heavy atom. The van der Waals surface area contributed by atoms with Crippen molar-refractivity contribution < 1.29 is 4.79 Å². The van der Waals surface area contributed by atoms with Crippen molar-refractivity contribution >= 4 is 23.4 Å². The van der Waals surface area contributed by atoms with Crippen LogP contribution in [0.1, 0.15) is 47.7 Å². The molecule has 2 aromatic rings. The largest absolute Gasteiger partial charge is 0.325 e. The van der Waals surface area contributed by atoms with Crippen molar-refractivity contribution in [1.82, 2.24) is 9.97 Å². The number of nitrogens with one attached hydrogen (secondary N) is 2. The van der Waals surface area contributed by atoms with Gasteiger partial charge in [-0.15, -0.1) is 0 Å². The fourth-order valence-corrected chi connectivity index (χ4v) is 4.27. The van der Waals surface area contributed by atoms with E-state index < -0.39 is 0 Å². The molecule has 0 spiro atoms. The van der Waals surface area contributed by atoms with Gasteiger partial charge < -0.3 is 10.3 Å². The molecule has 1 aromatic heterocycles. The number of anilines is 1. The minimum absolute atomic E-state index is 0.0602. The molecule has 0 saturated carbocycles.